The van der Waals surface area contributed by atoms with Gasteiger partial charge in [-0.1, -0.05) is 38.7 Å². The molecule has 0 aromatic carbocycles. The number of nitrogens with zero attached hydrogens (tertiary/aromatic N) is 1. The zero-order valence-electron chi connectivity index (χ0n) is 11.8. The summed E-state index contributed by atoms with van der Waals surface area (Å²) < 4.78 is 4.60. The number of allylic oxidation sites excluding steroid dienone is 4. The molecule has 0 saturated heterocycles. The van der Waals surface area contributed by atoms with Crippen LogP contribution in [0.5, 0.6) is 0 Å². The van der Waals surface area contributed by atoms with Crippen LogP contribution in [0.15, 0.2) is 36.1 Å². The van der Waals surface area contributed by atoms with E-state index in [1.807, 2.05) is 13.8 Å². The van der Waals surface area contributed by atoms with E-state index in [0.717, 1.165) is 10.6 Å². The molecular weight excluding hydrogens is 250 g/mol. The predicted octanol–water partition coefficient (Wildman–Crippen LogP) is 3.59. The van der Waals surface area contributed by atoms with Gasteiger partial charge in [0.15, 0.2) is 0 Å². The summed E-state index contributed by atoms with van der Waals surface area (Å²) >= 11 is 4.18. The zero-order chi connectivity index (χ0) is 14.6. The largest absolute Gasteiger partial charge is 0.451 e. The van der Waals surface area contributed by atoms with E-state index in [0.29, 0.717) is 11.4 Å². The molecule has 18 heavy (non-hydrogen) atoms. The molecule has 104 valence electrons. The Morgan fingerprint density at radius 2 is 1.94 bits per heavy atom. The monoisotopic (exact) mass is 273 g/mol. The van der Waals surface area contributed by atoms with Gasteiger partial charge >= 0.3 is 6.09 Å². The molecule has 0 aliphatic heterocycles. The number of thiol groups is 1. The van der Waals surface area contributed by atoms with Crippen LogP contribution in [0.1, 0.15) is 20.8 Å². The third-order valence-electron chi connectivity index (χ3n) is 1.83. The van der Waals surface area contributed by atoms with Gasteiger partial charge in [-0.15, -0.1) is 0 Å². The lowest BCUT2D eigenvalue weighted by Crippen LogP contribution is -2.30. The van der Waals surface area contributed by atoms with Crippen molar-refractivity contribution in [3.05, 3.63) is 36.1 Å². The molecule has 0 aromatic rings. The molecular formula is C13H23NO3S. The summed E-state index contributed by atoms with van der Waals surface area (Å²) in [7, 11) is 2.68. The molecule has 0 bridgehead atoms. The third kappa shape index (κ3) is 5.93. The van der Waals surface area contributed by atoms with Gasteiger partial charge in [0.1, 0.15) is 0 Å². The molecule has 0 fully saturated rings. The van der Waals surface area contributed by atoms with E-state index in [9.17, 15) is 4.79 Å². The molecule has 0 unspecified atom stereocenters. The number of hydroxylamine groups is 2. The Hall–Kier alpha value is -1.20. The van der Waals surface area contributed by atoms with Gasteiger partial charge in [0.2, 0.25) is 0 Å². The second-order valence-corrected chi connectivity index (χ2v) is 3.02. The molecule has 0 heterocycles. The Morgan fingerprint density at radius 3 is 2.22 bits per heavy atom. The van der Waals surface area contributed by atoms with E-state index in [1.165, 1.54) is 14.2 Å². The molecule has 4 nitrogen and oxygen atoms in total. The Balaban J connectivity index is 0. The number of amides is 1. The van der Waals surface area contributed by atoms with Gasteiger partial charge in [-0.2, -0.15) is 17.7 Å². The Bertz CT molecular complexity index is 311. The van der Waals surface area contributed by atoms with Crippen LogP contribution in [0.2, 0.25) is 0 Å². The molecule has 1 amide bonds. The SMILES string of the molecule is C=C/C=C(CS)\C(=C/C)N(OC)C(=O)OC.CC. The van der Waals surface area contributed by atoms with Gasteiger partial charge in [-0.25, -0.2) is 4.79 Å². The maximum Gasteiger partial charge on any atom is 0.438 e. The van der Waals surface area contributed by atoms with Crippen LogP contribution in [0.4, 0.5) is 4.79 Å². The molecule has 5 heteroatoms. The molecule has 0 aromatic heterocycles. The highest BCUT2D eigenvalue weighted by molar-refractivity contribution is 7.80. The average Bonchev–Trinajstić information content (AvgIpc) is 2.44. The van der Waals surface area contributed by atoms with Crippen molar-refractivity contribution in [2.75, 3.05) is 20.0 Å². The first-order valence-corrected chi connectivity index (χ1v) is 6.30. The lowest BCUT2D eigenvalue weighted by Gasteiger charge is -2.22. The smallest absolute Gasteiger partial charge is 0.438 e. The van der Waals surface area contributed by atoms with Crippen LogP contribution in [0.3, 0.4) is 0 Å². The second-order valence-electron chi connectivity index (χ2n) is 2.71. The Labute approximate surface area is 115 Å². The van der Waals surface area contributed by atoms with Gasteiger partial charge in [0.25, 0.3) is 0 Å². The average molecular weight is 273 g/mol. The van der Waals surface area contributed by atoms with Crippen molar-refractivity contribution in [3.8, 4) is 0 Å². The number of carbonyl (C=O) groups is 1. The number of rotatable bonds is 5. The van der Waals surface area contributed by atoms with Crippen LogP contribution >= 0.6 is 12.6 Å². The van der Waals surface area contributed by atoms with Crippen LogP contribution < -0.4 is 0 Å². The minimum Gasteiger partial charge on any atom is -0.451 e. The minimum atomic E-state index is -0.590. The first-order valence-electron chi connectivity index (χ1n) is 5.67. The lowest BCUT2D eigenvalue weighted by molar-refractivity contribution is -0.0771. The van der Waals surface area contributed by atoms with Gasteiger partial charge < -0.3 is 4.74 Å². The van der Waals surface area contributed by atoms with Gasteiger partial charge in [0.05, 0.1) is 19.9 Å². The molecule has 0 rings (SSSR count). The predicted molar refractivity (Wildman–Crippen MR) is 78.5 cm³/mol. The molecule has 0 radical (unpaired) electrons. The highest BCUT2D eigenvalue weighted by atomic mass is 32.1. The second kappa shape index (κ2) is 12.3. The fourth-order valence-corrected chi connectivity index (χ4v) is 1.42. The molecule has 0 saturated carbocycles. The number of methoxy groups -OCH3 is 1. The van der Waals surface area contributed by atoms with Gasteiger partial charge in [-0.3, -0.25) is 4.84 Å². The first-order chi connectivity index (χ1) is 8.65. The molecule has 0 aliphatic rings. The highest BCUT2D eigenvalue weighted by Gasteiger charge is 2.20. The van der Waals surface area contributed by atoms with Gasteiger partial charge in [0, 0.05) is 5.75 Å². The first kappa shape index (κ1) is 19.1. The summed E-state index contributed by atoms with van der Waals surface area (Å²) in [5.74, 6) is 0.461. The fourth-order valence-electron chi connectivity index (χ4n) is 1.15. The van der Waals surface area contributed by atoms with Crippen LogP contribution in [0.25, 0.3) is 0 Å². The molecule has 0 atom stereocenters. The van der Waals surface area contributed by atoms with Crippen molar-refractivity contribution in [2.45, 2.75) is 20.8 Å². The normalized spacial score (nSPS) is 11.2. The van der Waals surface area contributed by atoms with Crippen molar-refractivity contribution in [3.63, 3.8) is 0 Å². The lowest BCUT2D eigenvalue weighted by atomic mass is 10.2. The number of hydrogen-bond donors (Lipinski definition) is 1. The maximum atomic E-state index is 11.4. The summed E-state index contributed by atoms with van der Waals surface area (Å²) in [4.78, 5) is 16.4. The summed E-state index contributed by atoms with van der Waals surface area (Å²) in [5, 5.41) is 1.06. The number of hydrogen-bond acceptors (Lipinski definition) is 4. The van der Waals surface area contributed by atoms with E-state index in [1.54, 1.807) is 25.2 Å². The molecule has 0 aliphatic carbocycles. The quantitative estimate of drug-likeness (QED) is 0.472. The number of carbonyl (C=O) groups excluding carboxylic acids is 1. The topological polar surface area (TPSA) is 38.8 Å². The van der Waals surface area contributed by atoms with Crippen molar-refractivity contribution in [1.82, 2.24) is 5.06 Å². The van der Waals surface area contributed by atoms with Crippen molar-refractivity contribution >= 4 is 18.7 Å². The standard InChI is InChI=1S/C11H17NO3S.C2H6/c1-5-7-9(8-16)10(6-2)12(15-4)11(13)14-3;1-2/h5-7,16H,1,8H2,2-4H3;1-2H3/b9-7-,10-6+;. The minimum absolute atomic E-state index is 0.461. The summed E-state index contributed by atoms with van der Waals surface area (Å²) in [6.45, 7) is 9.40. The highest BCUT2D eigenvalue weighted by Crippen LogP contribution is 2.18. The van der Waals surface area contributed by atoms with Crippen molar-refractivity contribution in [2.24, 2.45) is 0 Å². The van der Waals surface area contributed by atoms with E-state index in [4.69, 9.17) is 4.84 Å². The van der Waals surface area contributed by atoms with Crippen LogP contribution in [-0.4, -0.2) is 31.1 Å². The van der Waals surface area contributed by atoms with E-state index < -0.39 is 6.09 Å². The van der Waals surface area contributed by atoms with Gasteiger partial charge in [-0.05, 0) is 12.5 Å². The number of ether oxygens (including phenoxy) is 1. The van der Waals surface area contributed by atoms with E-state index >= 15 is 0 Å². The van der Waals surface area contributed by atoms with Crippen LogP contribution in [-0.2, 0) is 9.57 Å². The Morgan fingerprint density at radius 1 is 1.39 bits per heavy atom. The van der Waals surface area contributed by atoms with E-state index in [-0.39, 0.29) is 0 Å². The molecule has 0 N–H and O–H groups in total. The summed E-state index contributed by atoms with van der Waals surface area (Å²) in [6.07, 6.45) is 4.54. The Kier molecular flexibility index (Phi) is 13.0. The summed E-state index contributed by atoms with van der Waals surface area (Å²) in [5.41, 5.74) is 1.40. The summed E-state index contributed by atoms with van der Waals surface area (Å²) in [6, 6.07) is 0. The molecule has 0 spiro atoms. The fraction of sp³-hybridized carbons (Fsp3) is 0.462. The third-order valence-corrected chi connectivity index (χ3v) is 2.17. The van der Waals surface area contributed by atoms with E-state index in [2.05, 4.69) is 23.9 Å². The van der Waals surface area contributed by atoms with Crippen molar-refractivity contribution < 1.29 is 14.4 Å². The zero-order valence-corrected chi connectivity index (χ0v) is 12.7. The maximum absolute atomic E-state index is 11.4. The van der Waals surface area contributed by atoms with Crippen molar-refractivity contribution in [1.29, 1.82) is 0 Å². The van der Waals surface area contributed by atoms with Crippen LogP contribution in [0, 0.1) is 0 Å².